The normalized spacial score (nSPS) is 12.8. The Kier molecular flexibility index (Phi) is 31.7. The first kappa shape index (κ1) is 62.0. The molecule has 0 spiro atoms. The fourth-order valence-corrected chi connectivity index (χ4v) is 5.54. The third kappa shape index (κ3) is 27.4. The molecule has 67 heavy (non-hydrogen) atoms. The van der Waals surface area contributed by atoms with Gasteiger partial charge in [-0.05, 0) is 117 Å². The standard InChI is InChI=1S/C24H44O6.C16H22O6.C13H18O2/c1-6-9-14-20(7-2)19-30-22(26)15-11-10-12-17-28-21(25)16-13-18-29-23(27)24(4,5)8-3;1-4-16(2,3)15(20)22-10-9-21-14(19)12-8-6-5-7-11(12)13(17)18;1-4-13(2,3)12(14)15-10-11-8-6-5-7-9-11/h20H,6-19H2,1-5H3;6,8H,4-5,7,9-10H2,1-3H3,(H,17,18);5-9H,4,10H2,1-3H3. The number of rotatable bonds is 29. The van der Waals surface area contributed by atoms with Crippen molar-refractivity contribution in [3.05, 3.63) is 59.2 Å². The van der Waals surface area contributed by atoms with Crippen molar-refractivity contribution in [1.82, 2.24) is 0 Å². The van der Waals surface area contributed by atoms with Crippen molar-refractivity contribution >= 4 is 41.8 Å². The molecule has 1 atom stereocenters. The molecule has 1 aromatic carbocycles. The van der Waals surface area contributed by atoms with Crippen LogP contribution in [0.15, 0.2) is 53.6 Å². The number of hydrogen-bond donors (Lipinski definition) is 1. The summed E-state index contributed by atoms with van der Waals surface area (Å²) in [6.45, 7) is 22.5. The van der Waals surface area contributed by atoms with Gasteiger partial charge in [0.25, 0.3) is 0 Å². The van der Waals surface area contributed by atoms with Crippen molar-refractivity contribution in [2.45, 2.75) is 179 Å². The minimum Gasteiger partial charge on any atom is -0.478 e. The molecule has 0 amide bonds. The first-order valence-electron chi connectivity index (χ1n) is 24.3. The van der Waals surface area contributed by atoms with Crippen LogP contribution in [0, 0.1) is 22.2 Å². The summed E-state index contributed by atoms with van der Waals surface area (Å²) in [5.74, 6) is -2.49. The van der Waals surface area contributed by atoms with E-state index in [1.54, 1.807) is 19.9 Å². The number of carboxylic acids is 1. The molecule has 1 aliphatic carbocycles. The maximum absolute atomic E-state index is 11.9. The van der Waals surface area contributed by atoms with E-state index in [9.17, 15) is 33.6 Å². The van der Waals surface area contributed by atoms with E-state index in [2.05, 4.69) is 13.8 Å². The second-order valence-corrected chi connectivity index (χ2v) is 18.6. The summed E-state index contributed by atoms with van der Waals surface area (Å²) in [5, 5.41) is 9.05. The average Bonchev–Trinajstić information content (AvgIpc) is 3.32. The molecule has 14 heteroatoms. The van der Waals surface area contributed by atoms with E-state index in [0.29, 0.717) is 64.3 Å². The van der Waals surface area contributed by atoms with Crippen LogP contribution >= 0.6 is 0 Å². The second kappa shape index (κ2) is 34.3. The zero-order valence-electron chi connectivity index (χ0n) is 42.7. The molecule has 0 saturated heterocycles. The van der Waals surface area contributed by atoms with Crippen LogP contribution in [0.5, 0.6) is 0 Å². The Bertz CT molecular complexity index is 1710. The van der Waals surface area contributed by atoms with Crippen LogP contribution in [0.3, 0.4) is 0 Å². The van der Waals surface area contributed by atoms with Gasteiger partial charge < -0.3 is 33.5 Å². The quantitative estimate of drug-likeness (QED) is 0.0452. The zero-order valence-corrected chi connectivity index (χ0v) is 42.7. The lowest BCUT2D eigenvalue weighted by atomic mass is 9.91. The largest absolute Gasteiger partial charge is 0.478 e. The Morgan fingerprint density at radius 3 is 1.67 bits per heavy atom. The SMILES string of the molecule is CCC(C)(C)C(=O)OCCOC(=O)C1=C(C(=O)O)CCC=C1.CCC(C)(C)C(=O)OCc1ccccc1.CCCCC(CC)COC(=O)CCCCCOC(=O)CCCOC(=O)C(C)(C)CC. The van der Waals surface area contributed by atoms with E-state index in [0.717, 1.165) is 44.1 Å². The number of aliphatic carboxylic acids is 1. The molecule has 1 N–H and O–H groups in total. The Balaban J connectivity index is 0.00000103. The predicted octanol–water partition coefficient (Wildman–Crippen LogP) is 11.0. The third-order valence-electron chi connectivity index (χ3n) is 11.8. The number of unbranched alkanes of at least 4 members (excludes halogenated alkanes) is 3. The molecule has 2 rings (SSSR count). The van der Waals surface area contributed by atoms with Gasteiger partial charge in [-0.1, -0.05) is 96.4 Å². The highest BCUT2D eigenvalue weighted by Crippen LogP contribution is 2.24. The van der Waals surface area contributed by atoms with E-state index in [4.69, 9.17) is 33.5 Å². The lowest BCUT2D eigenvalue weighted by Crippen LogP contribution is -2.27. The molecule has 0 bridgehead atoms. The smallest absolute Gasteiger partial charge is 0.338 e. The molecule has 380 valence electrons. The topological polar surface area (TPSA) is 195 Å². The average molecular weight is 945 g/mol. The molecule has 1 aliphatic rings. The van der Waals surface area contributed by atoms with Crippen LogP contribution in [0.4, 0.5) is 0 Å². The number of allylic oxidation sites excluding steroid dienone is 1. The molecule has 1 unspecified atom stereocenters. The molecular weight excluding hydrogens is 861 g/mol. The molecule has 0 radical (unpaired) electrons. The van der Waals surface area contributed by atoms with Gasteiger partial charge in [0.2, 0.25) is 0 Å². The Morgan fingerprint density at radius 2 is 1.12 bits per heavy atom. The van der Waals surface area contributed by atoms with Crippen molar-refractivity contribution in [3.63, 3.8) is 0 Å². The summed E-state index contributed by atoms with van der Waals surface area (Å²) in [6.07, 6.45) is 14.1. The van der Waals surface area contributed by atoms with Crippen molar-refractivity contribution in [3.8, 4) is 0 Å². The number of ether oxygens (including phenoxy) is 6. The van der Waals surface area contributed by atoms with Gasteiger partial charge in [-0.25, -0.2) is 9.59 Å². The second-order valence-electron chi connectivity index (χ2n) is 18.6. The Hall–Kier alpha value is -5.01. The van der Waals surface area contributed by atoms with Gasteiger partial charge in [-0.15, -0.1) is 0 Å². The van der Waals surface area contributed by atoms with Gasteiger partial charge >= 0.3 is 41.8 Å². The highest BCUT2D eigenvalue weighted by Gasteiger charge is 2.29. The number of benzene rings is 1. The minimum absolute atomic E-state index is 0.0482. The number of carbonyl (C=O) groups is 7. The Labute approximate surface area is 401 Å². The number of esters is 6. The summed E-state index contributed by atoms with van der Waals surface area (Å²) < 4.78 is 31.0. The molecular formula is C53H84O14. The van der Waals surface area contributed by atoms with Gasteiger partial charge in [0.1, 0.15) is 19.8 Å². The maximum atomic E-state index is 11.9. The molecule has 0 aliphatic heterocycles. The highest BCUT2D eigenvalue weighted by atomic mass is 16.6. The van der Waals surface area contributed by atoms with Gasteiger partial charge in [-0.2, -0.15) is 0 Å². The molecule has 1 aromatic rings. The fraction of sp³-hybridized carbons (Fsp3) is 0.679. The van der Waals surface area contributed by atoms with Crippen molar-refractivity contribution in [1.29, 1.82) is 0 Å². The first-order chi connectivity index (χ1) is 31.6. The Morgan fingerprint density at radius 1 is 0.597 bits per heavy atom. The van der Waals surface area contributed by atoms with Crippen LogP contribution in [0.2, 0.25) is 0 Å². The van der Waals surface area contributed by atoms with Crippen molar-refractivity contribution in [2.24, 2.45) is 22.2 Å². The number of carbonyl (C=O) groups excluding carboxylic acids is 6. The number of hydrogen-bond acceptors (Lipinski definition) is 13. The zero-order chi connectivity index (χ0) is 50.9. The van der Waals surface area contributed by atoms with E-state index in [-0.39, 0.29) is 72.6 Å². The molecule has 0 fully saturated rings. The van der Waals surface area contributed by atoms with Crippen LogP contribution in [0.25, 0.3) is 0 Å². The van der Waals surface area contributed by atoms with Crippen LogP contribution < -0.4 is 0 Å². The van der Waals surface area contributed by atoms with E-state index in [1.807, 2.05) is 78.8 Å². The molecule has 14 nitrogen and oxygen atoms in total. The predicted molar refractivity (Wildman–Crippen MR) is 257 cm³/mol. The summed E-state index contributed by atoms with van der Waals surface area (Å²) in [6, 6.07) is 9.72. The summed E-state index contributed by atoms with van der Waals surface area (Å²) >= 11 is 0. The van der Waals surface area contributed by atoms with E-state index in [1.165, 1.54) is 18.9 Å². The first-order valence-corrected chi connectivity index (χ1v) is 24.3. The number of carboxylic acid groups (broad SMARTS) is 1. The van der Waals surface area contributed by atoms with Gasteiger partial charge in [0.05, 0.1) is 47.2 Å². The van der Waals surface area contributed by atoms with E-state index >= 15 is 0 Å². The van der Waals surface area contributed by atoms with Crippen LogP contribution in [0.1, 0.15) is 178 Å². The van der Waals surface area contributed by atoms with Gasteiger partial charge in [-0.3, -0.25) is 24.0 Å². The lowest BCUT2D eigenvalue weighted by molar-refractivity contribution is -0.158. The summed E-state index contributed by atoms with van der Waals surface area (Å²) in [5.41, 5.74) is -0.308. The van der Waals surface area contributed by atoms with Gasteiger partial charge in [0, 0.05) is 12.8 Å². The molecule has 0 heterocycles. The third-order valence-corrected chi connectivity index (χ3v) is 11.8. The lowest BCUT2D eigenvalue weighted by Gasteiger charge is -2.20. The highest BCUT2D eigenvalue weighted by molar-refractivity contribution is 6.02. The monoisotopic (exact) mass is 945 g/mol. The summed E-state index contributed by atoms with van der Waals surface area (Å²) in [7, 11) is 0. The van der Waals surface area contributed by atoms with Crippen LogP contribution in [-0.4, -0.2) is 79.9 Å². The van der Waals surface area contributed by atoms with E-state index < -0.39 is 22.8 Å². The summed E-state index contributed by atoms with van der Waals surface area (Å²) in [4.78, 5) is 81.6. The van der Waals surface area contributed by atoms with Gasteiger partial charge in [0.15, 0.2) is 0 Å². The minimum atomic E-state index is -1.12. The fourth-order valence-electron chi connectivity index (χ4n) is 5.54. The van der Waals surface area contributed by atoms with Crippen LogP contribution in [-0.2, 0) is 68.6 Å². The maximum Gasteiger partial charge on any atom is 0.338 e. The molecule has 0 aromatic heterocycles. The molecule has 0 saturated carbocycles. The van der Waals surface area contributed by atoms with Crippen molar-refractivity contribution < 1.29 is 67.1 Å². The van der Waals surface area contributed by atoms with Crippen molar-refractivity contribution in [2.75, 3.05) is 33.0 Å².